The van der Waals surface area contributed by atoms with E-state index < -0.39 is 0 Å². The van der Waals surface area contributed by atoms with Crippen LogP contribution in [0.3, 0.4) is 0 Å². The number of hydrogen-bond acceptors (Lipinski definition) is 3. The molecular formula is C13H18O3. The summed E-state index contributed by atoms with van der Waals surface area (Å²) in [6.45, 7) is 5.25. The van der Waals surface area contributed by atoms with Crippen molar-refractivity contribution in [3.8, 4) is 5.75 Å². The molecule has 88 valence electrons. The van der Waals surface area contributed by atoms with Crippen LogP contribution in [0.2, 0.25) is 0 Å². The van der Waals surface area contributed by atoms with Gasteiger partial charge in [0.15, 0.2) is 6.29 Å². The van der Waals surface area contributed by atoms with Gasteiger partial charge < -0.3 is 9.47 Å². The summed E-state index contributed by atoms with van der Waals surface area (Å²) in [5.41, 5.74) is 0.590. The molecule has 0 saturated heterocycles. The Balaban J connectivity index is 2.29. The Labute approximate surface area is 96.4 Å². The van der Waals surface area contributed by atoms with Crippen LogP contribution in [0.15, 0.2) is 24.3 Å². The second-order valence-corrected chi connectivity index (χ2v) is 3.78. The van der Waals surface area contributed by atoms with Gasteiger partial charge in [-0.15, -0.1) is 0 Å². The second kappa shape index (κ2) is 7.01. The van der Waals surface area contributed by atoms with Gasteiger partial charge in [-0.3, -0.25) is 4.79 Å². The monoisotopic (exact) mass is 222 g/mol. The van der Waals surface area contributed by atoms with Crippen molar-refractivity contribution in [2.75, 3.05) is 13.2 Å². The van der Waals surface area contributed by atoms with E-state index in [1.54, 1.807) is 12.1 Å². The Morgan fingerprint density at radius 2 is 2.00 bits per heavy atom. The molecule has 0 amide bonds. The molecule has 0 saturated carbocycles. The van der Waals surface area contributed by atoms with E-state index in [-0.39, 0.29) is 6.10 Å². The molecule has 0 unspecified atom stereocenters. The fourth-order valence-corrected chi connectivity index (χ4v) is 1.27. The Morgan fingerprint density at radius 1 is 1.25 bits per heavy atom. The van der Waals surface area contributed by atoms with Gasteiger partial charge >= 0.3 is 0 Å². The molecule has 3 heteroatoms. The third-order valence-corrected chi connectivity index (χ3v) is 2.04. The SMILES string of the molecule is CC(C)OCCCOc1ccccc1C=O. The lowest BCUT2D eigenvalue weighted by atomic mass is 10.2. The number of para-hydroxylation sites is 1. The average molecular weight is 222 g/mol. The third-order valence-electron chi connectivity index (χ3n) is 2.04. The number of carbonyl (C=O) groups is 1. The lowest BCUT2D eigenvalue weighted by Gasteiger charge is -2.09. The Kier molecular flexibility index (Phi) is 5.57. The van der Waals surface area contributed by atoms with Gasteiger partial charge in [0.05, 0.1) is 24.9 Å². The number of hydrogen-bond donors (Lipinski definition) is 0. The first-order valence-corrected chi connectivity index (χ1v) is 5.52. The number of carbonyl (C=O) groups excluding carboxylic acids is 1. The normalized spacial score (nSPS) is 10.4. The average Bonchev–Trinajstić information content (AvgIpc) is 2.29. The van der Waals surface area contributed by atoms with Gasteiger partial charge in [0.2, 0.25) is 0 Å². The van der Waals surface area contributed by atoms with Crippen LogP contribution >= 0.6 is 0 Å². The van der Waals surface area contributed by atoms with Gasteiger partial charge in [-0.25, -0.2) is 0 Å². The molecule has 0 spiro atoms. The molecule has 1 rings (SSSR count). The topological polar surface area (TPSA) is 35.5 Å². The fourth-order valence-electron chi connectivity index (χ4n) is 1.27. The van der Waals surface area contributed by atoms with Gasteiger partial charge in [0.25, 0.3) is 0 Å². The Hall–Kier alpha value is -1.35. The maximum atomic E-state index is 10.7. The van der Waals surface area contributed by atoms with E-state index in [1.807, 2.05) is 26.0 Å². The van der Waals surface area contributed by atoms with Crippen LogP contribution in [-0.4, -0.2) is 25.6 Å². The molecule has 0 N–H and O–H groups in total. The molecule has 16 heavy (non-hydrogen) atoms. The summed E-state index contributed by atoms with van der Waals surface area (Å²) in [6.07, 6.45) is 1.88. The van der Waals surface area contributed by atoms with E-state index in [1.165, 1.54) is 0 Å². The maximum Gasteiger partial charge on any atom is 0.153 e. The molecular weight excluding hydrogens is 204 g/mol. The summed E-state index contributed by atoms with van der Waals surface area (Å²) in [6, 6.07) is 7.21. The van der Waals surface area contributed by atoms with Crippen LogP contribution in [0.1, 0.15) is 30.6 Å². The highest BCUT2D eigenvalue weighted by molar-refractivity contribution is 5.79. The first-order chi connectivity index (χ1) is 7.74. The molecule has 0 aliphatic heterocycles. The summed E-state index contributed by atoms with van der Waals surface area (Å²) in [5, 5.41) is 0. The molecule has 0 fully saturated rings. The largest absolute Gasteiger partial charge is 0.493 e. The van der Waals surface area contributed by atoms with E-state index in [9.17, 15) is 4.79 Å². The predicted octanol–water partition coefficient (Wildman–Crippen LogP) is 2.69. The van der Waals surface area contributed by atoms with Gasteiger partial charge in [-0.1, -0.05) is 12.1 Å². The van der Waals surface area contributed by atoms with Crippen molar-refractivity contribution in [3.63, 3.8) is 0 Å². The first kappa shape index (κ1) is 12.7. The minimum Gasteiger partial charge on any atom is -0.493 e. The zero-order valence-corrected chi connectivity index (χ0v) is 9.81. The maximum absolute atomic E-state index is 10.7. The molecule has 1 aromatic carbocycles. The van der Waals surface area contributed by atoms with Gasteiger partial charge in [-0.05, 0) is 26.0 Å². The van der Waals surface area contributed by atoms with Crippen LogP contribution in [-0.2, 0) is 4.74 Å². The molecule has 0 radical (unpaired) electrons. The molecule has 0 atom stereocenters. The lowest BCUT2D eigenvalue weighted by Crippen LogP contribution is -2.08. The molecule has 0 heterocycles. The zero-order chi connectivity index (χ0) is 11.8. The standard InChI is InChI=1S/C13H18O3/c1-11(2)15-8-5-9-16-13-7-4-3-6-12(13)10-14/h3-4,6-7,10-11H,5,8-9H2,1-2H3. The summed E-state index contributed by atoms with van der Waals surface area (Å²) >= 11 is 0. The van der Waals surface area contributed by atoms with Crippen molar-refractivity contribution in [1.29, 1.82) is 0 Å². The highest BCUT2D eigenvalue weighted by atomic mass is 16.5. The van der Waals surface area contributed by atoms with Crippen molar-refractivity contribution in [1.82, 2.24) is 0 Å². The fraction of sp³-hybridized carbons (Fsp3) is 0.462. The summed E-state index contributed by atoms with van der Waals surface area (Å²) in [4.78, 5) is 10.7. The van der Waals surface area contributed by atoms with Gasteiger partial charge in [-0.2, -0.15) is 0 Å². The van der Waals surface area contributed by atoms with Crippen LogP contribution in [0, 0.1) is 0 Å². The second-order valence-electron chi connectivity index (χ2n) is 3.78. The molecule has 3 nitrogen and oxygen atoms in total. The lowest BCUT2D eigenvalue weighted by molar-refractivity contribution is 0.0694. The van der Waals surface area contributed by atoms with Crippen molar-refractivity contribution < 1.29 is 14.3 Å². The summed E-state index contributed by atoms with van der Waals surface area (Å²) < 4.78 is 10.9. The highest BCUT2D eigenvalue weighted by Crippen LogP contribution is 2.15. The van der Waals surface area contributed by atoms with Crippen molar-refractivity contribution in [2.45, 2.75) is 26.4 Å². The van der Waals surface area contributed by atoms with E-state index >= 15 is 0 Å². The Morgan fingerprint density at radius 3 is 2.69 bits per heavy atom. The van der Waals surface area contributed by atoms with Crippen LogP contribution < -0.4 is 4.74 Å². The Bertz CT molecular complexity index is 321. The van der Waals surface area contributed by atoms with E-state index in [0.717, 1.165) is 12.7 Å². The van der Waals surface area contributed by atoms with E-state index in [0.29, 0.717) is 24.5 Å². The molecule has 0 aliphatic rings. The molecule has 0 bridgehead atoms. The quantitative estimate of drug-likeness (QED) is 0.525. The van der Waals surface area contributed by atoms with Gasteiger partial charge in [0, 0.05) is 6.42 Å². The van der Waals surface area contributed by atoms with Crippen molar-refractivity contribution in [3.05, 3.63) is 29.8 Å². The van der Waals surface area contributed by atoms with Crippen LogP contribution in [0.5, 0.6) is 5.75 Å². The van der Waals surface area contributed by atoms with E-state index in [4.69, 9.17) is 9.47 Å². The molecule has 0 aliphatic carbocycles. The molecule has 0 aromatic heterocycles. The first-order valence-electron chi connectivity index (χ1n) is 5.52. The van der Waals surface area contributed by atoms with Crippen molar-refractivity contribution in [2.24, 2.45) is 0 Å². The van der Waals surface area contributed by atoms with E-state index in [2.05, 4.69) is 0 Å². The number of ether oxygens (including phenoxy) is 2. The van der Waals surface area contributed by atoms with Gasteiger partial charge in [0.1, 0.15) is 5.75 Å². The minimum absolute atomic E-state index is 0.252. The van der Waals surface area contributed by atoms with Crippen molar-refractivity contribution >= 4 is 6.29 Å². The molecule has 1 aromatic rings. The number of aldehydes is 1. The minimum atomic E-state index is 0.252. The highest BCUT2D eigenvalue weighted by Gasteiger charge is 2.00. The smallest absolute Gasteiger partial charge is 0.153 e. The van der Waals surface area contributed by atoms with Crippen LogP contribution in [0.25, 0.3) is 0 Å². The third kappa shape index (κ3) is 4.45. The zero-order valence-electron chi connectivity index (χ0n) is 9.81. The summed E-state index contributed by atoms with van der Waals surface area (Å²) in [5.74, 6) is 0.641. The summed E-state index contributed by atoms with van der Waals surface area (Å²) in [7, 11) is 0. The number of benzene rings is 1. The van der Waals surface area contributed by atoms with Crippen LogP contribution in [0.4, 0.5) is 0 Å². The predicted molar refractivity (Wildman–Crippen MR) is 63.0 cm³/mol. The number of rotatable bonds is 7.